The van der Waals surface area contributed by atoms with E-state index in [9.17, 15) is 4.79 Å². The van der Waals surface area contributed by atoms with Crippen LogP contribution in [0.25, 0.3) is 0 Å². The van der Waals surface area contributed by atoms with Crippen molar-refractivity contribution in [3.63, 3.8) is 0 Å². The van der Waals surface area contributed by atoms with Crippen LogP contribution in [0.4, 0.5) is 4.79 Å². The number of carbonyl (C=O) groups is 1. The standard InChI is InChI=1S/C21H43N5O2.HI/c1-10-25(19(27)28-20(2,3)4)15-17-11-13-26(14-12-17)18(22-7)23-16-21(5,6)24(8)9;/h17H,10-16H2,1-9H3,(H,22,23);1H. The van der Waals surface area contributed by atoms with Gasteiger partial charge in [-0.25, -0.2) is 4.79 Å². The zero-order valence-electron chi connectivity index (χ0n) is 20.0. The van der Waals surface area contributed by atoms with Crippen molar-refractivity contribution in [3.05, 3.63) is 0 Å². The van der Waals surface area contributed by atoms with Gasteiger partial charge in [0.25, 0.3) is 0 Å². The molecule has 0 radical (unpaired) electrons. The number of amides is 1. The van der Waals surface area contributed by atoms with Gasteiger partial charge in [0, 0.05) is 45.3 Å². The molecule has 0 bridgehead atoms. The number of piperidine rings is 1. The number of nitrogens with one attached hydrogen (secondary N) is 1. The quantitative estimate of drug-likeness (QED) is 0.327. The molecule has 8 heteroatoms. The molecule has 1 aliphatic rings. The van der Waals surface area contributed by atoms with Crippen LogP contribution >= 0.6 is 24.0 Å². The minimum atomic E-state index is -0.452. The van der Waals surface area contributed by atoms with Crippen molar-refractivity contribution in [2.24, 2.45) is 10.9 Å². The second-order valence-electron chi connectivity index (χ2n) is 9.56. The highest BCUT2D eigenvalue weighted by molar-refractivity contribution is 14.0. The molecule has 0 aliphatic carbocycles. The molecule has 1 fully saturated rings. The Labute approximate surface area is 195 Å². The van der Waals surface area contributed by atoms with Gasteiger partial charge in [0.15, 0.2) is 5.96 Å². The zero-order valence-corrected chi connectivity index (χ0v) is 22.4. The van der Waals surface area contributed by atoms with Crippen molar-refractivity contribution in [1.82, 2.24) is 20.0 Å². The van der Waals surface area contributed by atoms with Gasteiger partial charge in [-0.3, -0.25) is 4.99 Å². The largest absolute Gasteiger partial charge is 0.444 e. The van der Waals surface area contributed by atoms with Gasteiger partial charge in [0.1, 0.15) is 5.60 Å². The Morgan fingerprint density at radius 1 is 1.17 bits per heavy atom. The van der Waals surface area contributed by atoms with Crippen LogP contribution in [-0.2, 0) is 4.74 Å². The smallest absolute Gasteiger partial charge is 0.410 e. The molecule has 1 aliphatic heterocycles. The average molecular weight is 526 g/mol. The summed E-state index contributed by atoms with van der Waals surface area (Å²) in [4.78, 5) is 23.2. The zero-order chi connectivity index (χ0) is 21.5. The number of likely N-dealkylation sites (tertiary alicyclic amines) is 1. The van der Waals surface area contributed by atoms with Crippen molar-refractivity contribution in [3.8, 4) is 0 Å². The van der Waals surface area contributed by atoms with Crippen molar-refractivity contribution in [2.75, 3.05) is 53.9 Å². The normalized spacial score (nSPS) is 16.5. The molecule has 0 aromatic rings. The van der Waals surface area contributed by atoms with Crippen LogP contribution in [0.5, 0.6) is 0 Å². The molecular formula is C21H44IN5O2. The molecule has 29 heavy (non-hydrogen) atoms. The molecule has 7 nitrogen and oxygen atoms in total. The van der Waals surface area contributed by atoms with Crippen molar-refractivity contribution < 1.29 is 9.53 Å². The van der Waals surface area contributed by atoms with Gasteiger partial charge in [0.05, 0.1) is 0 Å². The van der Waals surface area contributed by atoms with Gasteiger partial charge >= 0.3 is 6.09 Å². The van der Waals surface area contributed by atoms with Crippen LogP contribution in [-0.4, -0.2) is 91.8 Å². The lowest BCUT2D eigenvalue weighted by atomic mass is 9.96. The van der Waals surface area contributed by atoms with Crippen molar-refractivity contribution >= 4 is 36.0 Å². The first kappa shape index (κ1) is 28.2. The summed E-state index contributed by atoms with van der Waals surface area (Å²) in [5, 5.41) is 3.52. The number of hydrogen-bond donors (Lipinski definition) is 1. The third kappa shape index (κ3) is 9.72. The first-order chi connectivity index (χ1) is 12.9. The summed E-state index contributed by atoms with van der Waals surface area (Å²) in [6, 6.07) is 0. The van der Waals surface area contributed by atoms with E-state index >= 15 is 0 Å². The molecule has 172 valence electrons. The molecule has 1 amide bonds. The van der Waals surface area contributed by atoms with Crippen LogP contribution in [0.15, 0.2) is 4.99 Å². The Hall–Kier alpha value is -0.770. The van der Waals surface area contributed by atoms with Crippen LogP contribution < -0.4 is 5.32 Å². The van der Waals surface area contributed by atoms with Gasteiger partial charge < -0.3 is 24.8 Å². The number of hydrogen-bond acceptors (Lipinski definition) is 4. The van der Waals surface area contributed by atoms with Gasteiger partial charge in [-0.1, -0.05) is 0 Å². The lowest BCUT2D eigenvalue weighted by molar-refractivity contribution is 0.0214. The van der Waals surface area contributed by atoms with E-state index < -0.39 is 5.60 Å². The molecule has 0 aromatic carbocycles. The summed E-state index contributed by atoms with van der Waals surface area (Å²) < 4.78 is 5.54. The van der Waals surface area contributed by atoms with Crippen LogP contribution in [0.3, 0.4) is 0 Å². The number of nitrogens with zero attached hydrogens (tertiary/aromatic N) is 4. The third-order valence-corrected chi connectivity index (χ3v) is 5.53. The summed E-state index contributed by atoms with van der Waals surface area (Å²) in [5.74, 6) is 1.47. The highest BCUT2D eigenvalue weighted by Crippen LogP contribution is 2.20. The molecule has 0 atom stereocenters. The Morgan fingerprint density at radius 2 is 1.72 bits per heavy atom. The van der Waals surface area contributed by atoms with Gasteiger partial charge in [-0.05, 0) is 74.4 Å². The monoisotopic (exact) mass is 525 g/mol. The minimum Gasteiger partial charge on any atom is -0.444 e. The Balaban J connectivity index is 0.00000784. The SMILES string of the molecule is CCN(CC1CCN(C(=NC)NCC(C)(C)N(C)C)CC1)C(=O)OC(C)(C)C.I. The Kier molecular flexibility index (Phi) is 11.9. The van der Waals surface area contributed by atoms with Crippen LogP contribution in [0, 0.1) is 5.92 Å². The molecule has 0 saturated carbocycles. The topological polar surface area (TPSA) is 60.4 Å². The maximum Gasteiger partial charge on any atom is 0.410 e. The van der Waals surface area contributed by atoms with Crippen LogP contribution in [0.1, 0.15) is 54.4 Å². The number of aliphatic imine (C=N–C) groups is 1. The van der Waals surface area contributed by atoms with E-state index in [1.54, 1.807) is 0 Å². The van der Waals surface area contributed by atoms with E-state index in [1.807, 2.05) is 39.6 Å². The highest BCUT2D eigenvalue weighted by Gasteiger charge is 2.28. The van der Waals surface area contributed by atoms with E-state index in [4.69, 9.17) is 4.74 Å². The Bertz CT molecular complexity index is 524. The van der Waals surface area contributed by atoms with E-state index in [0.717, 1.165) is 45.0 Å². The molecule has 1 saturated heterocycles. The van der Waals surface area contributed by atoms with E-state index in [1.165, 1.54) is 0 Å². The highest BCUT2D eigenvalue weighted by atomic mass is 127. The summed E-state index contributed by atoms with van der Waals surface area (Å²) in [7, 11) is 6.04. The summed E-state index contributed by atoms with van der Waals surface area (Å²) in [6.45, 7) is 16.4. The van der Waals surface area contributed by atoms with Crippen molar-refractivity contribution in [2.45, 2.75) is 65.5 Å². The molecule has 0 unspecified atom stereocenters. The number of carbonyl (C=O) groups excluding carboxylic acids is 1. The van der Waals surface area contributed by atoms with E-state index in [2.05, 4.69) is 48.1 Å². The number of guanidine groups is 1. The third-order valence-electron chi connectivity index (χ3n) is 5.53. The van der Waals surface area contributed by atoms with E-state index in [0.29, 0.717) is 12.5 Å². The van der Waals surface area contributed by atoms with E-state index in [-0.39, 0.29) is 35.6 Å². The van der Waals surface area contributed by atoms with Crippen LogP contribution in [0.2, 0.25) is 0 Å². The number of ether oxygens (including phenoxy) is 1. The number of likely N-dealkylation sites (N-methyl/N-ethyl adjacent to an activating group) is 1. The molecular weight excluding hydrogens is 481 g/mol. The first-order valence-electron chi connectivity index (χ1n) is 10.5. The predicted octanol–water partition coefficient (Wildman–Crippen LogP) is 3.49. The minimum absolute atomic E-state index is 0. The fourth-order valence-electron chi connectivity index (χ4n) is 3.08. The lowest BCUT2D eigenvalue weighted by Crippen LogP contribution is -2.53. The Morgan fingerprint density at radius 3 is 2.14 bits per heavy atom. The molecule has 0 spiro atoms. The second kappa shape index (κ2) is 12.2. The molecule has 0 aromatic heterocycles. The lowest BCUT2D eigenvalue weighted by Gasteiger charge is -2.38. The summed E-state index contributed by atoms with van der Waals surface area (Å²) >= 11 is 0. The molecule has 1 N–H and O–H groups in total. The second-order valence-corrected chi connectivity index (χ2v) is 9.56. The van der Waals surface area contributed by atoms with Crippen molar-refractivity contribution in [1.29, 1.82) is 0 Å². The fraction of sp³-hybridized carbons (Fsp3) is 0.905. The van der Waals surface area contributed by atoms with Gasteiger partial charge in [-0.15, -0.1) is 24.0 Å². The number of halogens is 1. The molecule has 1 rings (SSSR count). The van der Waals surface area contributed by atoms with Gasteiger partial charge in [0.2, 0.25) is 0 Å². The maximum atomic E-state index is 12.4. The number of rotatable bonds is 6. The summed E-state index contributed by atoms with van der Waals surface area (Å²) in [6.07, 6.45) is 1.90. The fourth-order valence-corrected chi connectivity index (χ4v) is 3.08. The predicted molar refractivity (Wildman–Crippen MR) is 132 cm³/mol. The first-order valence-corrected chi connectivity index (χ1v) is 10.5. The average Bonchev–Trinajstić information content (AvgIpc) is 2.59. The summed E-state index contributed by atoms with van der Waals surface area (Å²) in [5.41, 5.74) is -0.393. The maximum absolute atomic E-state index is 12.4. The van der Waals surface area contributed by atoms with Gasteiger partial charge in [-0.2, -0.15) is 0 Å². The molecule has 1 heterocycles.